The lowest BCUT2D eigenvalue weighted by Crippen LogP contribution is -2.31. The molecule has 3 rings (SSSR count). The molecule has 0 saturated carbocycles. The van der Waals surface area contributed by atoms with Gasteiger partial charge in [-0.1, -0.05) is 17.7 Å². The van der Waals surface area contributed by atoms with Crippen molar-refractivity contribution >= 4 is 17.4 Å². The van der Waals surface area contributed by atoms with E-state index in [4.69, 9.17) is 9.15 Å². The molecule has 1 atom stereocenters. The topological polar surface area (TPSA) is 80.0 Å². The number of hydrogen-bond donors (Lipinski definition) is 1. The highest BCUT2D eigenvalue weighted by Gasteiger charge is 2.47. The van der Waals surface area contributed by atoms with Gasteiger partial charge >= 0.3 is 0 Å². The van der Waals surface area contributed by atoms with Gasteiger partial charge in [-0.15, -0.1) is 0 Å². The summed E-state index contributed by atoms with van der Waals surface area (Å²) in [6, 6.07) is 8.28. The summed E-state index contributed by atoms with van der Waals surface area (Å²) >= 11 is 0. The third-order valence-electron chi connectivity index (χ3n) is 5.00. The fourth-order valence-corrected chi connectivity index (χ4v) is 3.54. The summed E-state index contributed by atoms with van der Waals surface area (Å²) in [6.45, 7) is 8.45. The van der Waals surface area contributed by atoms with Gasteiger partial charge in [-0.2, -0.15) is 0 Å². The van der Waals surface area contributed by atoms with Crippen molar-refractivity contribution in [3.63, 3.8) is 0 Å². The molecule has 1 aromatic carbocycles. The predicted molar refractivity (Wildman–Crippen MR) is 109 cm³/mol. The largest absolute Gasteiger partial charge is 0.507 e. The maximum absolute atomic E-state index is 12.9. The van der Waals surface area contributed by atoms with Gasteiger partial charge in [0.25, 0.3) is 11.7 Å². The van der Waals surface area contributed by atoms with Crippen molar-refractivity contribution in [3.8, 4) is 0 Å². The molecule has 6 heteroatoms. The number of amides is 1. The standard InChI is InChI=1S/C23H27NO5/c1-14(2)28-12-6-10-24-20(18-7-5-11-29-18)19(22(26)23(24)27)21(25)17-13-15(3)8-9-16(17)4/h5,7-9,11,13-14,20,25H,6,10,12H2,1-4H3/b21-19-. The SMILES string of the molecule is Cc1ccc(C)c(/C(O)=C2/C(=O)C(=O)N(CCCOC(C)C)C2c2ccco2)c1. The monoisotopic (exact) mass is 397 g/mol. The highest BCUT2D eigenvalue weighted by Crippen LogP contribution is 2.40. The number of carbonyl (C=O) groups excluding carboxylic acids is 2. The van der Waals surface area contributed by atoms with Crippen LogP contribution in [0.1, 0.15) is 48.8 Å². The third-order valence-corrected chi connectivity index (χ3v) is 5.00. The molecule has 2 heterocycles. The van der Waals surface area contributed by atoms with Gasteiger partial charge in [0.15, 0.2) is 0 Å². The summed E-state index contributed by atoms with van der Waals surface area (Å²) in [7, 11) is 0. The number of carbonyl (C=O) groups is 2. The van der Waals surface area contributed by atoms with Crippen LogP contribution < -0.4 is 0 Å². The van der Waals surface area contributed by atoms with Gasteiger partial charge in [-0.05, 0) is 57.9 Å². The Kier molecular flexibility index (Phi) is 6.23. The van der Waals surface area contributed by atoms with Crippen molar-refractivity contribution in [2.45, 2.75) is 46.3 Å². The van der Waals surface area contributed by atoms with Gasteiger partial charge in [0, 0.05) is 18.7 Å². The van der Waals surface area contributed by atoms with E-state index in [1.807, 2.05) is 45.9 Å². The van der Waals surface area contributed by atoms with E-state index in [-0.39, 0.29) is 17.4 Å². The molecule has 6 nitrogen and oxygen atoms in total. The first-order chi connectivity index (χ1) is 13.8. The van der Waals surface area contributed by atoms with Crippen LogP contribution in [0.15, 0.2) is 46.6 Å². The number of aliphatic hydroxyl groups excluding tert-OH is 1. The number of ketones is 1. The zero-order valence-corrected chi connectivity index (χ0v) is 17.3. The van der Waals surface area contributed by atoms with Crippen molar-refractivity contribution < 1.29 is 23.8 Å². The smallest absolute Gasteiger partial charge is 0.295 e. The molecule has 1 aliphatic rings. The first-order valence-electron chi connectivity index (χ1n) is 9.82. The number of rotatable bonds is 7. The van der Waals surface area contributed by atoms with Crippen LogP contribution in [0.2, 0.25) is 0 Å². The lowest BCUT2D eigenvalue weighted by molar-refractivity contribution is -0.140. The lowest BCUT2D eigenvalue weighted by Gasteiger charge is -2.23. The van der Waals surface area contributed by atoms with Crippen molar-refractivity contribution in [2.24, 2.45) is 0 Å². The Hall–Kier alpha value is -2.86. The average Bonchev–Trinajstić information content (AvgIpc) is 3.28. The van der Waals surface area contributed by atoms with E-state index in [1.54, 1.807) is 12.1 Å². The van der Waals surface area contributed by atoms with Crippen molar-refractivity contribution in [1.29, 1.82) is 0 Å². The Morgan fingerprint density at radius 2 is 2.00 bits per heavy atom. The number of benzene rings is 1. The van der Waals surface area contributed by atoms with Gasteiger partial charge in [-0.25, -0.2) is 0 Å². The molecule has 0 spiro atoms. The number of likely N-dealkylation sites (tertiary alicyclic amines) is 1. The summed E-state index contributed by atoms with van der Waals surface area (Å²) in [5, 5.41) is 11.1. The lowest BCUT2D eigenvalue weighted by atomic mass is 9.96. The molecule has 1 aromatic heterocycles. The normalized spacial score (nSPS) is 18.8. The summed E-state index contributed by atoms with van der Waals surface area (Å²) in [5.41, 5.74) is 2.38. The molecule has 1 N–H and O–H groups in total. The van der Waals surface area contributed by atoms with Gasteiger partial charge in [0.1, 0.15) is 17.6 Å². The third kappa shape index (κ3) is 4.27. The van der Waals surface area contributed by atoms with E-state index in [2.05, 4.69) is 0 Å². The van der Waals surface area contributed by atoms with Crippen molar-refractivity contribution in [2.75, 3.05) is 13.2 Å². The molecule has 154 valence electrons. The van der Waals surface area contributed by atoms with E-state index < -0.39 is 17.7 Å². The van der Waals surface area contributed by atoms with Crippen molar-refractivity contribution in [3.05, 3.63) is 64.6 Å². The molecule has 2 aromatic rings. The van der Waals surface area contributed by atoms with E-state index in [1.165, 1.54) is 11.2 Å². The minimum Gasteiger partial charge on any atom is -0.507 e. The van der Waals surface area contributed by atoms with Crippen LogP contribution in [0.25, 0.3) is 5.76 Å². The Morgan fingerprint density at radius 1 is 1.24 bits per heavy atom. The average molecular weight is 397 g/mol. The number of furan rings is 1. The minimum absolute atomic E-state index is 0.0587. The molecule has 29 heavy (non-hydrogen) atoms. The van der Waals surface area contributed by atoms with Crippen LogP contribution in [-0.2, 0) is 14.3 Å². The van der Waals surface area contributed by atoms with Gasteiger partial charge in [0.05, 0.1) is 17.9 Å². The highest BCUT2D eigenvalue weighted by atomic mass is 16.5. The van der Waals surface area contributed by atoms with E-state index in [9.17, 15) is 14.7 Å². The summed E-state index contributed by atoms with van der Waals surface area (Å²) in [5.74, 6) is -1.06. The summed E-state index contributed by atoms with van der Waals surface area (Å²) < 4.78 is 11.1. The quantitative estimate of drug-likeness (QED) is 0.329. The molecule has 1 unspecified atom stereocenters. The number of aryl methyl sites for hydroxylation is 2. The number of ether oxygens (including phenoxy) is 1. The number of Topliss-reactive ketones (excluding diaryl/α,β-unsaturated/α-hetero) is 1. The Bertz CT molecular complexity index is 927. The van der Waals surface area contributed by atoms with E-state index in [0.29, 0.717) is 30.9 Å². The van der Waals surface area contributed by atoms with Crippen LogP contribution in [0.4, 0.5) is 0 Å². The Morgan fingerprint density at radius 3 is 2.66 bits per heavy atom. The second kappa shape index (κ2) is 8.66. The Labute approximate surface area is 170 Å². The number of nitrogens with zero attached hydrogens (tertiary/aromatic N) is 1. The van der Waals surface area contributed by atoms with E-state index in [0.717, 1.165) is 11.1 Å². The predicted octanol–water partition coefficient (Wildman–Crippen LogP) is 4.13. The second-order valence-electron chi connectivity index (χ2n) is 7.60. The van der Waals surface area contributed by atoms with Crippen LogP contribution in [0, 0.1) is 13.8 Å². The number of aliphatic hydroxyl groups is 1. The summed E-state index contributed by atoms with van der Waals surface area (Å²) in [4.78, 5) is 27.1. The van der Waals surface area contributed by atoms with Crippen LogP contribution in [0.3, 0.4) is 0 Å². The number of hydrogen-bond acceptors (Lipinski definition) is 5. The molecule has 1 amide bonds. The first-order valence-corrected chi connectivity index (χ1v) is 9.82. The maximum atomic E-state index is 12.9. The zero-order chi connectivity index (χ0) is 21.1. The summed E-state index contributed by atoms with van der Waals surface area (Å²) in [6.07, 6.45) is 2.16. The van der Waals surface area contributed by atoms with E-state index >= 15 is 0 Å². The van der Waals surface area contributed by atoms with Crippen LogP contribution in [-0.4, -0.2) is 41.0 Å². The van der Waals surface area contributed by atoms with Gasteiger partial charge < -0.3 is 19.2 Å². The second-order valence-corrected chi connectivity index (χ2v) is 7.60. The highest BCUT2D eigenvalue weighted by molar-refractivity contribution is 6.46. The molecule has 1 fully saturated rings. The molecular weight excluding hydrogens is 370 g/mol. The molecule has 0 radical (unpaired) electrons. The van der Waals surface area contributed by atoms with Gasteiger partial charge in [0.2, 0.25) is 0 Å². The molecular formula is C23H27NO5. The van der Waals surface area contributed by atoms with Crippen LogP contribution in [0.5, 0.6) is 0 Å². The molecule has 0 aliphatic carbocycles. The van der Waals surface area contributed by atoms with Gasteiger partial charge in [-0.3, -0.25) is 9.59 Å². The Balaban J connectivity index is 2.02. The first kappa shape index (κ1) is 20.9. The minimum atomic E-state index is -0.760. The molecule has 0 bridgehead atoms. The zero-order valence-electron chi connectivity index (χ0n) is 17.3. The van der Waals surface area contributed by atoms with Crippen LogP contribution >= 0.6 is 0 Å². The fourth-order valence-electron chi connectivity index (χ4n) is 3.54. The molecule has 1 saturated heterocycles. The fraction of sp³-hybridized carbons (Fsp3) is 0.391. The maximum Gasteiger partial charge on any atom is 0.295 e. The molecule has 1 aliphatic heterocycles. The van der Waals surface area contributed by atoms with Crippen molar-refractivity contribution in [1.82, 2.24) is 4.90 Å².